The van der Waals surface area contributed by atoms with Gasteiger partial charge in [-0.2, -0.15) is 11.3 Å². The molecule has 1 aliphatic carbocycles. The number of benzene rings is 2. The molecule has 1 amide bonds. The molecule has 0 saturated heterocycles. The van der Waals surface area contributed by atoms with Crippen LogP contribution in [0.15, 0.2) is 63.6 Å². The number of thiophene rings is 1. The molecule has 0 fully saturated rings. The number of nitrogens with one attached hydrogen (secondary N) is 1. The van der Waals surface area contributed by atoms with Crippen molar-refractivity contribution in [1.29, 1.82) is 0 Å². The highest BCUT2D eigenvalue weighted by molar-refractivity contribution is 8.01. The highest BCUT2D eigenvalue weighted by atomic mass is 32.2. The van der Waals surface area contributed by atoms with Gasteiger partial charge >= 0.3 is 0 Å². The number of Topliss-reactive ketones (excluding diaryl/α,β-unsaturated/α-hetero) is 1. The van der Waals surface area contributed by atoms with Crippen LogP contribution in [0.2, 0.25) is 0 Å². The summed E-state index contributed by atoms with van der Waals surface area (Å²) in [6.45, 7) is 0. The number of thioether (sulfide) groups is 1. The van der Waals surface area contributed by atoms with Gasteiger partial charge in [0.15, 0.2) is 10.1 Å². The van der Waals surface area contributed by atoms with Crippen LogP contribution in [0.5, 0.6) is 0 Å². The first-order chi connectivity index (χ1) is 14.7. The monoisotopic (exact) mass is 450 g/mol. The van der Waals surface area contributed by atoms with Crippen LogP contribution < -0.4 is 5.32 Å². The van der Waals surface area contributed by atoms with E-state index in [0.717, 1.165) is 38.0 Å². The van der Waals surface area contributed by atoms with Crippen LogP contribution >= 0.6 is 34.4 Å². The lowest BCUT2D eigenvalue weighted by molar-refractivity contribution is -0.117. The molecular weight excluding hydrogens is 432 g/mol. The minimum absolute atomic E-state index is 0.0350. The molecule has 1 unspecified atom stereocenters. The normalized spacial score (nSPS) is 15.5. The summed E-state index contributed by atoms with van der Waals surface area (Å²) in [7, 11) is 0. The Morgan fingerprint density at radius 1 is 1.20 bits per heavy atom. The first kappa shape index (κ1) is 19.5. The summed E-state index contributed by atoms with van der Waals surface area (Å²) in [5, 5.41) is 7.28. The number of rotatable bonds is 6. The Labute approximate surface area is 186 Å². The number of carbonyl (C=O) groups excluding carboxylic acids is 2. The van der Waals surface area contributed by atoms with E-state index in [0.29, 0.717) is 5.56 Å². The zero-order valence-corrected chi connectivity index (χ0v) is 18.4. The summed E-state index contributed by atoms with van der Waals surface area (Å²) < 4.78 is 2.09. The molecule has 4 aromatic rings. The number of fused-ring (bicyclic) bond motifs is 2. The maximum atomic E-state index is 12.8. The van der Waals surface area contributed by atoms with Crippen LogP contribution in [0.1, 0.15) is 33.8 Å². The van der Waals surface area contributed by atoms with Crippen molar-refractivity contribution in [3.63, 3.8) is 0 Å². The zero-order chi connectivity index (χ0) is 20.5. The van der Waals surface area contributed by atoms with Gasteiger partial charge in [-0.1, -0.05) is 36.0 Å². The fraction of sp³-hybridized carbons (Fsp3) is 0.174. The van der Waals surface area contributed by atoms with Crippen molar-refractivity contribution in [1.82, 2.24) is 4.98 Å². The second kappa shape index (κ2) is 8.34. The first-order valence-corrected chi connectivity index (χ1v) is 12.4. The van der Waals surface area contributed by atoms with Crippen molar-refractivity contribution < 1.29 is 9.59 Å². The second-order valence-corrected chi connectivity index (χ2v) is 10.3. The summed E-state index contributed by atoms with van der Waals surface area (Å²) in [6, 6.07) is 15.3. The summed E-state index contributed by atoms with van der Waals surface area (Å²) in [5.41, 5.74) is 4.54. The Balaban J connectivity index is 1.27. The number of nitrogens with zero attached hydrogens (tertiary/aromatic N) is 1. The molecule has 150 valence electrons. The van der Waals surface area contributed by atoms with Gasteiger partial charge in [0.25, 0.3) is 0 Å². The average Bonchev–Trinajstić information content (AvgIpc) is 3.47. The fourth-order valence-electron chi connectivity index (χ4n) is 3.66. The molecule has 30 heavy (non-hydrogen) atoms. The van der Waals surface area contributed by atoms with E-state index in [2.05, 4.69) is 22.1 Å². The lowest BCUT2D eigenvalue weighted by atomic mass is 10.0. The molecule has 0 aliphatic heterocycles. The van der Waals surface area contributed by atoms with Crippen LogP contribution in [-0.4, -0.2) is 22.4 Å². The Hall–Kier alpha value is -2.48. The summed E-state index contributed by atoms with van der Waals surface area (Å²) in [6.07, 6.45) is 1.27. The maximum absolute atomic E-state index is 12.8. The predicted molar refractivity (Wildman–Crippen MR) is 125 cm³/mol. The fourth-order valence-corrected chi connectivity index (χ4v) is 6.53. The highest BCUT2D eigenvalue weighted by Crippen LogP contribution is 2.35. The molecule has 1 aliphatic rings. The minimum atomic E-state index is -0.422. The molecule has 4 nitrogen and oxygen atoms in total. The molecule has 5 rings (SSSR count). The number of carbonyl (C=O) groups is 2. The number of anilines is 1. The molecule has 2 aromatic heterocycles. The SMILES string of the molecule is O=C1CC(C(=O)Nc2ccc3nc(SCCc4ccsc4)sc3c2)c2ccccc21. The van der Waals surface area contributed by atoms with Gasteiger partial charge in [-0.05, 0) is 52.6 Å². The molecule has 1 N–H and O–H groups in total. The number of amides is 1. The Kier molecular flexibility index (Phi) is 5.41. The Morgan fingerprint density at radius 3 is 2.97 bits per heavy atom. The van der Waals surface area contributed by atoms with Gasteiger partial charge in [-0.3, -0.25) is 9.59 Å². The van der Waals surface area contributed by atoms with Crippen LogP contribution in [0.3, 0.4) is 0 Å². The summed E-state index contributed by atoms with van der Waals surface area (Å²) in [4.78, 5) is 29.7. The van der Waals surface area contributed by atoms with E-state index in [1.807, 2.05) is 36.4 Å². The van der Waals surface area contributed by atoms with Crippen molar-refractivity contribution >= 4 is 62.0 Å². The van der Waals surface area contributed by atoms with Crippen LogP contribution in [0, 0.1) is 0 Å². The van der Waals surface area contributed by atoms with Crippen molar-refractivity contribution in [2.45, 2.75) is 23.1 Å². The lowest BCUT2D eigenvalue weighted by Crippen LogP contribution is -2.19. The van der Waals surface area contributed by atoms with E-state index in [1.165, 1.54) is 5.56 Å². The van der Waals surface area contributed by atoms with Crippen LogP contribution in [0.4, 0.5) is 5.69 Å². The molecule has 2 aromatic carbocycles. The van der Waals surface area contributed by atoms with E-state index >= 15 is 0 Å². The molecule has 1 atom stereocenters. The van der Waals surface area contributed by atoms with E-state index in [4.69, 9.17) is 4.98 Å². The summed E-state index contributed by atoms with van der Waals surface area (Å²) >= 11 is 5.14. The number of hydrogen-bond donors (Lipinski definition) is 1. The van der Waals surface area contributed by atoms with Crippen molar-refractivity contribution in [3.8, 4) is 0 Å². The molecule has 0 radical (unpaired) electrons. The van der Waals surface area contributed by atoms with E-state index in [-0.39, 0.29) is 18.1 Å². The van der Waals surface area contributed by atoms with Gasteiger partial charge in [0.05, 0.1) is 16.1 Å². The second-order valence-electron chi connectivity index (χ2n) is 7.15. The van der Waals surface area contributed by atoms with Gasteiger partial charge in [0.2, 0.25) is 5.91 Å². The topological polar surface area (TPSA) is 59.1 Å². The number of aromatic nitrogens is 1. The number of hydrogen-bond acceptors (Lipinski definition) is 6. The third kappa shape index (κ3) is 3.93. The Bertz CT molecular complexity index is 1230. The van der Waals surface area contributed by atoms with Gasteiger partial charge in [0.1, 0.15) is 0 Å². The van der Waals surface area contributed by atoms with Crippen molar-refractivity contribution in [2.24, 2.45) is 0 Å². The maximum Gasteiger partial charge on any atom is 0.232 e. The predicted octanol–water partition coefficient (Wildman–Crippen LogP) is 6.00. The summed E-state index contributed by atoms with van der Waals surface area (Å²) in [5.74, 6) is 0.472. The van der Waals surface area contributed by atoms with Crippen LogP contribution in [-0.2, 0) is 11.2 Å². The van der Waals surface area contributed by atoms with Crippen molar-refractivity contribution in [2.75, 3.05) is 11.1 Å². The third-order valence-corrected chi connectivity index (χ3v) is 8.07. The molecular formula is C23H18N2O2S3. The van der Waals surface area contributed by atoms with Gasteiger partial charge in [0, 0.05) is 23.4 Å². The third-order valence-electron chi connectivity index (χ3n) is 5.18. The Morgan fingerprint density at radius 2 is 2.10 bits per heavy atom. The van der Waals surface area contributed by atoms with E-state index in [1.54, 1.807) is 40.5 Å². The lowest BCUT2D eigenvalue weighted by Gasteiger charge is -2.11. The largest absolute Gasteiger partial charge is 0.325 e. The van der Waals surface area contributed by atoms with E-state index in [9.17, 15) is 9.59 Å². The smallest absolute Gasteiger partial charge is 0.232 e. The van der Waals surface area contributed by atoms with Crippen molar-refractivity contribution in [3.05, 3.63) is 76.0 Å². The molecule has 0 bridgehead atoms. The molecule has 0 saturated carbocycles. The van der Waals surface area contributed by atoms with Gasteiger partial charge in [-0.15, -0.1) is 11.3 Å². The van der Waals surface area contributed by atoms with E-state index < -0.39 is 5.92 Å². The number of aryl methyl sites for hydroxylation is 1. The molecule has 7 heteroatoms. The average molecular weight is 451 g/mol. The zero-order valence-electron chi connectivity index (χ0n) is 16.0. The first-order valence-electron chi connectivity index (χ1n) is 9.65. The number of thiazole rings is 1. The molecule has 2 heterocycles. The highest BCUT2D eigenvalue weighted by Gasteiger charge is 2.33. The standard InChI is InChI=1S/C23H18N2O2S3/c26-20-12-18(16-3-1-2-4-17(16)20)22(27)24-15-5-6-19-21(11-15)30-23(25-19)29-10-8-14-7-9-28-13-14/h1-7,9,11,13,18H,8,10,12H2,(H,24,27). The quantitative estimate of drug-likeness (QED) is 0.366. The number of ketones is 1. The van der Waals surface area contributed by atoms with Gasteiger partial charge in [-0.25, -0.2) is 4.98 Å². The van der Waals surface area contributed by atoms with Gasteiger partial charge < -0.3 is 5.32 Å². The molecule has 0 spiro atoms. The minimum Gasteiger partial charge on any atom is -0.325 e. The van der Waals surface area contributed by atoms with Crippen LogP contribution in [0.25, 0.3) is 10.2 Å².